The molecule has 0 bridgehead atoms. The minimum absolute atomic E-state index is 0.0814. The monoisotopic (exact) mass is 289 g/mol. The van der Waals surface area contributed by atoms with Gasteiger partial charge in [0.2, 0.25) is 0 Å². The number of hydrogen-bond acceptors (Lipinski definition) is 1. The molecule has 0 spiro atoms. The summed E-state index contributed by atoms with van der Waals surface area (Å²) in [4.78, 5) is 0. The van der Waals surface area contributed by atoms with Crippen LogP contribution in [0.25, 0.3) is 0 Å². The van der Waals surface area contributed by atoms with E-state index in [1.165, 1.54) is 22.6 Å². The first-order valence-electron chi connectivity index (χ1n) is 2.62. The number of benzene rings is 1. The summed E-state index contributed by atoms with van der Waals surface area (Å²) in [6.45, 7) is 0. The number of halogens is 4. The Hall–Kier alpha value is -0.100. The van der Waals surface area contributed by atoms with Crippen molar-refractivity contribution in [3.63, 3.8) is 0 Å². The predicted octanol–water partition coefficient (Wildman–Crippen LogP) is 2.81. The van der Waals surface area contributed by atoms with Gasteiger partial charge in [0.05, 0.1) is 9.26 Å². The van der Waals surface area contributed by atoms with E-state index < -0.39 is 11.6 Å². The maximum absolute atomic E-state index is 12.8. The van der Waals surface area contributed by atoms with Crippen LogP contribution in [0.15, 0.2) is 6.07 Å². The Morgan fingerprint density at radius 2 is 2.00 bits per heavy atom. The second-order valence-corrected chi connectivity index (χ2v) is 3.35. The number of nitrogens with two attached hydrogens (primary N) is 1. The molecule has 11 heavy (non-hydrogen) atoms. The van der Waals surface area contributed by atoms with E-state index in [9.17, 15) is 8.78 Å². The van der Waals surface area contributed by atoms with Gasteiger partial charge in [0.15, 0.2) is 5.82 Å². The highest BCUT2D eigenvalue weighted by Crippen LogP contribution is 2.28. The highest BCUT2D eigenvalue weighted by Gasteiger charge is 2.12. The van der Waals surface area contributed by atoms with Crippen LogP contribution in [0, 0.1) is 15.2 Å². The first-order valence-corrected chi connectivity index (χ1v) is 4.08. The zero-order valence-electron chi connectivity index (χ0n) is 5.17. The van der Waals surface area contributed by atoms with Crippen molar-refractivity contribution < 1.29 is 8.78 Å². The van der Waals surface area contributed by atoms with Crippen molar-refractivity contribution in [2.45, 2.75) is 0 Å². The lowest BCUT2D eigenvalue weighted by atomic mass is 10.3. The van der Waals surface area contributed by atoms with Gasteiger partial charge in [0.25, 0.3) is 0 Å². The van der Waals surface area contributed by atoms with Crippen molar-refractivity contribution >= 4 is 39.9 Å². The molecule has 0 aliphatic heterocycles. The molecule has 0 saturated carbocycles. The second-order valence-electron chi connectivity index (χ2n) is 1.89. The largest absolute Gasteiger partial charge is 0.397 e. The van der Waals surface area contributed by atoms with Crippen molar-refractivity contribution in [3.8, 4) is 0 Å². The Balaban J connectivity index is 3.46. The fraction of sp³-hybridized carbons (Fsp3) is 0. The van der Waals surface area contributed by atoms with Crippen LogP contribution >= 0.6 is 34.2 Å². The summed E-state index contributed by atoms with van der Waals surface area (Å²) in [7, 11) is 0. The van der Waals surface area contributed by atoms with E-state index in [2.05, 4.69) is 0 Å². The van der Waals surface area contributed by atoms with Crippen LogP contribution in [0.4, 0.5) is 14.5 Å². The minimum atomic E-state index is -0.801. The highest BCUT2D eigenvalue weighted by atomic mass is 127. The van der Waals surface area contributed by atoms with Gasteiger partial charge in [0.1, 0.15) is 10.8 Å². The molecule has 0 atom stereocenters. The van der Waals surface area contributed by atoms with Gasteiger partial charge in [-0.05, 0) is 28.7 Å². The van der Waals surface area contributed by atoms with Crippen LogP contribution in [0.5, 0.6) is 0 Å². The Labute approximate surface area is 80.7 Å². The van der Waals surface area contributed by atoms with Crippen LogP contribution in [-0.2, 0) is 0 Å². The fourth-order valence-electron chi connectivity index (χ4n) is 0.591. The molecule has 5 heteroatoms. The number of hydrogen-bond donors (Lipinski definition) is 1. The number of nitrogen functional groups attached to an aromatic ring is 1. The lowest BCUT2D eigenvalue weighted by Gasteiger charge is -2.01. The SMILES string of the molecule is Nc1cc(F)c(I)c(F)c1Cl. The molecule has 1 nitrogen and oxygen atoms in total. The van der Waals surface area contributed by atoms with Gasteiger partial charge in [0, 0.05) is 0 Å². The van der Waals surface area contributed by atoms with E-state index >= 15 is 0 Å². The molecule has 0 amide bonds. The lowest BCUT2D eigenvalue weighted by molar-refractivity contribution is 0.572. The van der Waals surface area contributed by atoms with E-state index in [1.807, 2.05) is 0 Å². The summed E-state index contributed by atoms with van der Waals surface area (Å²) in [5, 5.41) is -0.226. The average molecular weight is 289 g/mol. The third-order valence-corrected chi connectivity index (χ3v) is 2.50. The summed E-state index contributed by atoms with van der Waals surface area (Å²) in [5.74, 6) is -1.49. The maximum atomic E-state index is 12.8. The maximum Gasteiger partial charge on any atom is 0.160 e. The predicted molar refractivity (Wildman–Crippen MR) is 48.5 cm³/mol. The molecule has 0 aliphatic rings. The Morgan fingerprint density at radius 1 is 1.45 bits per heavy atom. The first kappa shape index (κ1) is 8.99. The van der Waals surface area contributed by atoms with Crippen molar-refractivity contribution in [3.05, 3.63) is 26.3 Å². The topological polar surface area (TPSA) is 26.0 Å². The molecule has 1 rings (SSSR count). The molecular weight excluding hydrogens is 286 g/mol. The van der Waals surface area contributed by atoms with E-state index in [0.717, 1.165) is 6.07 Å². The van der Waals surface area contributed by atoms with Gasteiger partial charge >= 0.3 is 0 Å². The standard InChI is InChI=1S/C6H3ClF2IN/c7-4-3(11)1-2(8)6(10)5(4)9/h1H,11H2. The molecule has 1 aromatic carbocycles. The molecule has 0 radical (unpaired) electrons. The van der Waals surface area contributed by atoms with Crippen molar-refractivity contribution in [2.75, 3.05) is 5.73 Å². The van der Waals surface area contributed by atoms with Gasteiger partial charge in [-0.15, -0.1) is 0 Å². The summed E-state index contributed by atoms with van der Waals surface area (Å²) in [5.41, 5.74) is 5.09. The molecule has 60 valence electrons. The number of anilines is 1. The van der Waals surface area contributed by atoms with Crippen molar-refractivity contribution in [2.24, 2.45) is 0 Å². The smallest absolute Gasteiger partial charge is 0.160 e. The van der Waals surface area contributed by atoms with E-state index in [0.29, 0.717) is 0 Å². The fourth-order valence-corrected chi connectivity index (χ4v) is 1.33. The molecule has 0 heterocycles. The minimum Gasteiger partial charge on any atom is -0.397 e. The van der Waals surface area contributed by atoms with Gasteiger partial charge in [-0.2, -0.15) is 0 Å². The second kappa shape index (κ2) is 3.10. The summed E-state index contributed by atoms with van der Waals surface area (Å²) < 4.78 is 25.3. The van der Waals surface area contributed by atoms with Crippen LogP contribution in [-0.4, -0.2) is 0 Å². The van der Waals surface area contributed by atoms with Crippen molar-refractivity contribution in [1.82, 2.24) is 0 Å². The van der Waals surface area contributed by atoms with Crippen LogP contribution in [0.2, 0.25) is 5.02 Å². The quantitative estimate of drug-likeness (QED) is 0.338. The zero-order valence-corrected chi connectivity index (χ0v) is 8.08. The Bertz CT molecular complexity index is 277. The molecule has 2 N–H and O–H groups in total. The first-order chi connectivity index (χ1) is 5.04. The Kier molecular flexibility index (Phi) is 2.54. The summed E-state index contributed by atoms with van der Waals surface area (Å²) >= 11 is 6.90. The van der Waals surface area contributed by atoms with Crippen LogP contribution in [0.3, 0.4) is 0 Å². The van der Waals surface area contributed by atoms with Gasteiger partial charge in [-0.3, -0.25) is 0 Å². The molecule has 0 unspecified atom stereocenters. The van der Waals surface area contributed by atoms with E-state index in [4.69, 9.17) is 17.3 Å². The Morgan fingerprint density at radius 3 is 2.55 bits per heavy atom. The van der Waals surface area contributed by atoms with Gasteiger partial charge < -0.3 is 5.73 Å². The van der Waals surface area contributed by atoms with Gasteiger partial charge in [-0.1, -0.05) is 11.6 Å². The van der Waals surface area contributed by atoms with Crippen molar-refractivity contribution in [1.29, 1.82) is 0 Å². The lowest BCUT2D eigenvalue weighted by Crippen LogP contribution is -1.95. The average Bonchev–Trinajstić information content (AvgIpc) is 1.97. The highest BCUT2D eigenvalue weighted by molar-refractivity contribution is 14.1. The molecule has 0 aromatic heterocycles. The molecule has 0 fully saturated rings. The molecule has 0 aliphatic carbocycles. The summed E-state index contributed by atoms with van der Waals surface area (Å²) in [6, 6.07) is 0.993. The van der Waals surface area contributed by atoms with Gasteiger partial charge in [-0.25, -0.2) is 8.78 Å². The van der Waals surface area contributed by atoms with E-state index in [1.54, 1.807) is 0 Å². The third-order valence-electron chi connectivity index (χ3n) is 1.13. The molecular formula is C6H3ClF2IN. The third kappa shape index (κ3) is 1.56. The molecule has 1 aromatic rings. The number of rotatable bonds is 0. The zero-order chi connectivity index (χ0) is 8.59. The van der Waals surface area contributed by atoms with Crippen LogP contribution in [0.1, 0.15) is 0 Å². The van der Waals surface area contributed by atoms with Crippen LogP contribution < -0.4 is 5.73 Å². The van der Waals surface area contributed by atoms with E-state index in [-0.39, 0.29) is 14.3 Å². The normalized spacial score (nSPS) is 10.2. The summed E-state index contributed by atoms with van der Waals surface area (Å²) in [6.07, 6.45) is 0. The molecule has 0 saturated heterocycles.